The van der Waals surface area contributed by atoms with E-state index in [9.17, 15) is 5.11 Å². The highest BCUT2D eigenvalue weighted by Gasteiger charge is 2.07. The van der Waals surface area contributed by atoms with Gasteiger partial charge >= 0.3 is 0 Å². The van der Waals surface area contributed by atoms with Gasteiger partial charge in [0, 0.05) is 28.0 Å². The van der Waals surface area contributed by atoms with Gasteiger partial charge in [-0.3, -0.25) is 4.99 Å². The van der Waals surface area contributed by atoms with Crippen molar-refractivity contribution in [3.05, 3.63) is 68.7 Å². The number of para-hydroxylation sites is 1. The van der Waals surface area contributed by atoms with Crippen molar-refractivity contribution < 1.29 is 5.11 Å². The topological polar surface area (TPSA) is 49.9 Å². The van der Waals surface area contributed by atoms with Crippen LogP contribution in [0.5, 0.6) is 5.75 Å². The fourth-order valence-corrected chi connectivity index (χ4v) is 3.33. The van der Waals surface area contributed by atoms with Crippen LogP contribution in [0.2, 0.25) is 0 Å². The standard InChI is InChI=1S/C17H14BrN3OS/c1-19-17-21(20-10-13-5-2-3-8-16(13)22)15(11-23-17)12-6-4-7-14(18)9-12/h2-11,22H,1H3/b19-17?,20-10+. The number of halogens is 1. The van der Waals surface area contributed by atoms with E-state index < -0.39 is 0 Å². The van der Waals surface area contributed by atoms with Gasteiger partial charge < -0.3 is 5.11 Å². The van der Waals surface area contributed by atoms with Gasteiger partial charge in [-0.2, -0.15) is 5.10 Å². The van der Waals surface area contributed by atoms with Gasteiger partial charge in [-0.25, -0.2) is 4.68 Å². The Morgan fingerprint density at radius 3 is 2.74 bits per heavy atom. The fraction of sp³-hybridized carbons (Fsp3) is 0.0588. The predicted molar refractivity (Wildman–Crippen MR) is 98.0 cm³/mol. The molecule has 0 aliphatic heterocycles. The third-order valence-electron chi connectivity index (χ3n) is 3.25. The Bertz CT molecular complexity index is 927. The molecule has 23 heavy (non-hydrogen) atoms. The first-order valence-corrected chi connectivity index (χ1v) is 8.58. The van der Waals surface area contributed by atoms with Crippen molar-refractivity contribution >= 4 is 33.5 Å². The summed E-state index contributed by atoms with van der Waals surface area (Å²) >= 11 is 5.01. The minimum absolute atomic E-state index is 0.200. The second-order valence-electron chi connectivity index (χ2n) is 4.75. The summed E-state index contributed by atoms with van der Waals surface area (Å²) in [7, 11) is 1.74. The summed E-state index contributed by atoms with van der Waals surface area (Å²) in [6, 6.07) is 15.1. The number of hydrogen-bond donors (Lipinski definition) is 1. The Kier molecular flexibility index (Phi) is 4.73. The Morgan fingerprint density at radius 2 is 2.00 bits per heavy atom. The van der Waals surface area contributed by atoms with Gasteiger partial charge in [0.1, 0.15) is 5.75 Å². The average Bonchev–Trinajstić information content (AvgIpc) is 2.97. The number of aromatic nitrogens is 1. The Balaban J connectivity index is 2.09. The highest BCUT2D eigenvalue weighted by molar-refractivity contribution is 9.10. The molecule has 0 bridgehead atoms. The summed E-state index contributed by atoms with van der Waals surface area (Å²) in [6.07, 6.45) is 1.64. The molecule has 1 N–H and O–H groups in total. The van der Waals surface area contributed by atoms with Crippen molar-refractivity contribution in [1.82, 2.24) is 4.68 Å². The second-order valence-corrected chi connectivity index (χ2v) is 6.50. The molecule has 3 aromatic rings. The first kappa shape index (κ1) is 15.7. The van der Waals surface area contributed by atoms with Crippen molar-refractivity contribution in [1.29, 1.82) is 0 Å². The highest BCUT2D eigenvalue weighted by atomic mass is 79.9. The maximum Gasteiger partial charge on any atom is 0.205 e. The molecule has 0 amide bonds. The molecule has 1 heterocycles. The summed E-state index contributed by atoms with van der Waals surface area (Å²) in [4.78, 5) is 5.05. The van der Waals surface area contributed by atoms with E-state index in [2.05, 4.69) is 26.0 Å². The van der Waals surface area contributed by atoms with Crippen LogP contribution in [0.3, 0.4) is 0 Å². The number of aromatic hydroxyl groups is 1. The molecule has 0 fully saturated rings. The highest BCUT2D eigenvalue weighted by Crippen LogP contribution is 2.23. The molecule has 116 valence electrons. The average molecular weight is 388 g/mol. The molecule has 0 radical (unpaired) electrons. The van der Waals surface area contributed by atoms with Crippen LogP contribution < -0.4 is 4.80 Å². The van der Waals surface area contributed by atoms with Crippen LogP contribution in [0.25, 0.3) is 11.3 Å². The molecule has 0 aliphatic carbocycles. The van der Waals surface area contributed by atoms with E-state index in [1.807, 2.05) is 41.8 Å². The molecular weight excluding hydrogens is 374 g/mol. The van der Waals surface area contributed by atoms with Crippen LogP contribution in [-0.2, 0) is 0 Å². The van der Waals surface area contributed by atoms with Crippen LogP contribution in [0.15, 0.2) is 68.5 Å². The quantitative estimate of drug-likeness (QED) is 0.675. The molecule has 0 unspecified atom stereocenters. The van der Waals surface area contributed by atoms with Crippen LogP contribution >= 0.6 is 27.3 Å². The third kappa shape index (κ3) is 3.43. The van der Waals surface area contributed by atoms with E-state index in [1.165, 1.54) is 11.3 Å². The van der Waals surface area contributed by atoms with Crippen molar-refractivity contribution in [3.63, 3.8) is 0 Å². The summed E-state index contributed by atoms with van der Waals surface area (Å²) < 4.78 is 2.78. The first-order chi connectivity index (χ1) is 11.2. The summed E-state index contributed by atoms with van der Waals surface area (Å²) in [5.41, 5.74) is 2.65. The summed E-state index contributed by atoms with van der Waals surface area (Å²) in [5.74, 6) is 0.200. The fourth-order valence-electron chi connectivity index (χ4n) is 2.13. The molecule has 0 saturated carbocycles. The number of nitrogens with zero attached hydrogens (tertiary/aromatic N) is 3. The Hall–Kier alpha value is -2.18. The van der Waals surface area contributed by atoms with E-state index in [0.717, 1.165) is 20.5 Å². The van der Waals surface area contributed by atoms with Gasteiger partial charge in [0.05, 0.1) is 11.9 Å². The van der Waals surface area contributed by atoms with E-state index >= 15 is 0 Å². The lowest BCUT2D eigenvalue weighted by Gasteiger charge is -2.04. The first-order valence-electron chi connectivity index (χ1n) is 6.90. The summed E-state index contributed by atoms with van der Waals surface area (Å²) in [5, 5.41) is 16.4. The molecule has 6 heteroatoms. The van der Waals surface area contributed by atoms with Crippen LogP contribution in [0.4, 0.5) is 0 Å². The molecule has 2 aromatic carbocycles. The van der Waals surface area contributed by atoms with Gasteiger partial charge in [0.2, 0.25) is 4.80 Å². The number of rotatable bonds is 3. The van der Waals surface area contributed by atoms with Crippen LogP contribution in [0.1, 0.15) is 5.56 Å². The largest absolute Gasteiger partial charge is 0.507 e. The second kappa shape index (κ2) is 6.93. The molecule has 0 spiro atoms. The third-order valence-corrected chi connectivity index (χ3v) is 4.65. The smallest absolute Gasteiger partial charge is 0.205 e. The SMILES string of the molecule is CN=c1scc(-c2cccc(Br)c2)n1/N=C/c1ccccc1O. The van der Waals surface area contributed by atoms with Gasteiger partial charge in [-0.15, -0.1) is 11.3 Å². The molecule has 0 aliphatic rings. The zero-order chi connectivity index (χ0) is 16.2. The van der Waals surface area contributed by atoms with Crippen LogP contribution in [0, 0.1) is 0 Å². The lowest BCUT2D eigenvalue weighted by molar-refractivity contribution is 0.474. The minimum Gasteiger partial charge on any atom is -0.507 e. The number of phenolic OH excluding ortho intramolecular Hbond substituents is 1. The van der Waals surface area contributed by atoms with Gasteiger partial charge in [0.25, 0.3) is 0 Å². The molecule has 0 atom stereocenters. The molecule has 0 saturated heterocycles. The zero-order valence-corrected chi connectivity index (χ0v) is 14.8. The van der Waals surface area contributed by atoms with E-state index in [-0.39, 0.29) is 5.75 Å². The zero-order valence-electron chi connectivity index (χ0n) is 12.3. The van der Waals surface area contributed by atoms with E-state index in [1.54, 1.807) is 30.1 Å². The summed E-state index contributed by atoms with van der Waals surface area (Å²) in [6.45, 7) is 0. The Morgan fingerprint density at radius 1 is 1.17 bits per heavy atom. The number of thiazole rings is 1. The van der Waals surface area contributed by atoms with Crippen molar-refractivity contribution in [2.24, 2.45) is 10.1 Å². The maximum absolute atomic E-state index is 9.86. The van der Waals surface area contributed by atoms with E-state index in [4.69, 9.17) is 0 Å². The van der Waals surface area contributed by atoms with Crippen molar-refractivity contribution in [2.45, 2.75) is 0 Å². The normalized spacial score (nSPS) is 12.2. The van der Waals surface area contributed by atoms with E-state index in [0.29, 0.717) is 5.56 Å². The number of phenols is 1. The van der Waals surface area contributed by atoms with Gasteiger partial charge in [-0.05, 0) is 24.3 Å². The van der Waals surface area contributed by atoms with Gasteiger partial charge in [0.15, 0.2) is 0 Å². The molecule has 3 rings (SSSR count). The van der Waals surface area contributed by atoms with Crippen LogP contribution in [-0.4, -0.2) is 23.0 Å². The monoisotopic (exact) mass is 387 g/mol. The molecule has 4 nitrogen and oxygen atoms in total. The predicted octanol–water partition coefficient (Wildman–Crippen LogP) is 4.10. The number of benzene rings is 2. The Labute approximate surface area is 146 Å². The maximum atomic E-state index is 9.86. The lowest BCUT2D eigenvalue weighted by Crippen LogP contribution is -2.11. The molecular formula is C17H14BrN3OS. The molecule has 1 aromatic heterocycles. The van der Waals surface area contributed by atoms with Crippen molar-refractivity contribution in [2.75, 3.05) is 7.05 Å². The minimum atomic E-state index is 0.200. The number of hydrogen-bond acceptors (Lipinski definition) is 4. The van der Waals surface area contributed by atoms with Gasteiger partial charge in [-0.1, -0.05) is 40.2 Å². The van der Waals surface area contributed by atoms with Crippen molar-refractivity contribution in [3.8, 4) is 17.0 Å². The lowest BCUT2D eigenvalue weighted by atomic mass is 10.2.